The van der Waals surface area contributed by atoms with Crippen molar-refractivity contribution in [1.29, 1.82) is 0 Å². The van der Waals surface area contributed by atoms with E-state index in [1.165, 1.54) is 11.3 Å². The Labute approximate surface area is 161 Å². The number of ether oxygens (including phenoxy) is 1. The summed E-state index contributed by atoms with van der Waals surface area (Å²) in [4.78, 5) is 16.8. The highest BCUT2D eigenvalue weighted by Crippen LogP contribution is 2.30. The van der Waals surface area contributed by atoms with Crippen molar-refractivity contribution in [2.45, 2.75) is 6.92 Å². The lowest BCUT2D eigenvalue weighted by molar-refractivity contribution is -0.118. The number of amides is 1. The molecular formula is C22H18N2O2S. The number of thiazole rings is 1. The lowest BCUT2D eigenvalue weighted by atomic mass is 10.1. The van der Waals surface area contributed by atoms with Crippen molar-refractivity contribution in [3.05, 3.63) is 78.4 Å². The van der Waals surface area contributed by atoms with Gasteiger partial charge in [0.2, 0.25) is 0 Å². The van der Waals surface area contributed by atoms with Gasteiger partial charge in [-0.3, -0.25) is 10.1 Å². The first-order chi connectivity index (χ1) is 13.2. The van der Waals surface area contributed by atoms with E-state index >= 15 is 0 Å². The van der Waals surface area contributed by atoms with Crippen LogP contribution < -0.4 is 10.1 Å². The monoisotopic (exact) mass is 374 g/mol. The summed E-state index contributed by atoms with van der Waals surface area (Å²) in [6, 6.07) is 23.7. The molecule has 27 heavy (non-hydrogen) atoms. The third-order valence-electron chi connectivity index (χ3n) is 4.20. The molecule has 0 bridgehead atoms. The van der Waals surface area contributed by atoms with Crippen LogP contribution >= 0.6 is 11.3 Å². The first-order valence-electron chi connectivity index (χ1n) is 8.64. The molecule has 4 aromatic rings. The Bertz CT molecular complexity index is 1090. The number of aryl methyl sites for hydroxylation is 1. The second-order valence-corrected chi connectivity index (χ2v) is 7.17. The third kappa shape index (κ3) is 3.83. The predicted octanol–water partition coefficient (Wildman–Crippen LogP) is 5.29. The maximum atomic E-state index is 12.3. The Hall–Kier alpha value is -3.18. The lowest BCUT2D eigenvalue weighted by Gasteiger charge is -2.11. The fourth-order valence-electron chi connectivity index (χ4n) is 2.89. The minimum atomic E-state index is -0.227. The van der Waals surface area contributed by atoms with Crippen molar-refractivity contribution in [2.24, 2.45) is 0 Å². The number of benzene rings is 3. The molecule has 0 saturated carbocycles. The maximum absolute atomic E-state index is 12.3. The molecule has 1 heterocycles. The standard InChI is InChI=1S/C22H18N2O2S/c1-15-8-7-13-19-21(15)24-22(27-19)23-20(25)14-26-18-12-6-5-11-17(18)16-9-3-2-4-10-16/h2-13H,14H2,1H3,(H,23,24,25). The molecule has 0 atom stereocenters. The molecule has 4 nitrogen and oxygen atoms in total. The second kappa shape index (κ2) is 7.60. The number of carbonyl (C=O) groups excluding carboxylic acids is 1. The molecular weight excluding hydrogens is 356 g/mol. The van der Waals surface area contributed by atoms with E-state index < -0.39 is 0 Å². The largest absolute Gasteiger partial charge is 0.483 e. The highest BCUT2D eigenvalue weighted by Gasteiger charge is 2.11. The van der Waals surface area contributed by atoms with Crippen molar-refractivity contribution < 1.29 is 9.53 Å². The molecule has 3 aromatic carbocycles. The van der Waals surface area contributed by atoms with Crippen LogP contribution in [0.15, 0.2) is 72.8 Å². The molecule has 0 saturated heterocycles. The van der Waals surface area contributed by atoms with E-state index in [4.69, 9.17) is 4.74 Å². The van der Waals surface area contributed by atoms with E-state index in [1.54, 1.807) is 0 Å². The van der Waals surface area contributed by atoms with Crippen LogP contribution in [0.25, 0.3) is 21.3 Å². The van der Waals surface area contributed by atoms with E-state index in [9.17, 15) is 4.79 Å². The van der Waals surface area contributed by atoms with Gasteiger partial charge < -0.3 is 4.74 Å². The minimum Gasteiger partial charge on any atom is -0.483 e. The first-order valence-corrected chi connectivity index (χ1v) is 9.45. The van der Waals surface area contributed by atoms with Crippen LogP contribution in [-0.4, -0.2) is 17.5 Å². The van der Waals surface area contributed by atoms with Crippen LogP contribution in [0.5, 0.6) is 5.75 Å². The number of nitrogens with zero attached hydrogens (tertiary/aromatic N) is 1. The normalized spacial score (nSPS) is 10.7. The summed E-state index contributed by atoms with van der Waals surface area (Å²) in [6.07, 6.45) is 0. The molecule has 4 rings (SSSR count). The summed E-state index contributed by atoms with van der Waals surface area (Å²) in [5.41, 5.74) is 4.03. The number of para-hydroxylation sites is 2. The Morgan fingerprint density at radius 1 is 1.00 bits per heavy atom. The number of nitrogens with one attached hydrogen (secondary N) is 1. The molecule has 1 aromatic heterocycles. The van der Waals surface area contributed by atoms with Crippen LogP contribution in [0.2, 0.25) is 0 Å². The van der Waals surface area contributed by atoms with Crippen molar-refractivity contribution in [3.8, 4) is 16.9 Å². The number of rotatable bonds is 5. The van der Waals surface area contributed by atoms with Gasteiger partial charge in [0.1, 0.15) is 5.75 Å². The number of carbonyl (C=O) groups is 1. The molecule has 5 heteroatoms. The first kappa shape index (κ1) is 17.2. The Balaban J connectivity index is 1.46. The van der Waals surface area contributed by atoms with Gasteiger partial charge in [0, 0.05) is 5.56 Å². The van der Waals surface area contributed by atoms with Gasteiger partial charge >= 0.3 is 0 Å². The molecule has 0 aliphatic carbocycles. The average Bonchev–Trinajstić information content (AvgIpc) is 3.11. The number of fused-ring (bicyclic) bond motifs is 1. The number of aromatic nitrogens is 1. The fraction of sp³-hybridized carbons (Fsp3) is 0.0909. The Kier molecular flexibility index (Phi) is 4.85. The molecule has 1 amide bonds. The van der Waals surface area contributed by atoms with Crippen LogP contribution in [0, 0.1) is 6.92 Å². The molecule has 134 valence electrons. The molecule has 0 radical (unpaired) electrons. The summed E-state index contributed by atoms with van der Waals surface area (Å²) < 4.78 is 6.84. The average molecular weight is 374 g/mol. The van der Waals surface area contributed by atoms with Gasteiger partial charge in [0.05, 0.1) is 10.2 Å². The molecule has 0 unspecified atom stereocenters. The van der Waals surface area contributed by atoms with Crippen molar-refractivity contribution in [3.63, 3.8) is 0 Å². The van der Waals surface area contributed by atoms with Crippen LogP contribution in [0.1, 0.15) is 5.56 Å². The van der Waals surface area contributed by atoms with Gasteiger partial charge in [-0.15, -0.1) is 0 Å². The topological polar surface area (TPSA) is 51.2 Å². The second-order valence-electron chi connectivity index (χ2n) is 6.14. The zero-order valence-corrected chi connectivity index (χ0v) is 15.6. The zero-order chi connectivity index (χ0) is 18.6. The van der Waals surface area contributed by atoms with E-state index in [2.05, 4.69) is 10.3 Å². The van der Waals surface area contributed by atoms with Crippen molar-refractivity contribution in [2.75, 3.05) is 11.9 Å². The summed E-state index contributed by atoms with van der Waals surface area (Å²) in [6.45, 7) is 1.94. The van der Waals surface area contributed by atoms with E-state index in [1.807, 2.05) is 79.7 Å². The predicted molar refractivity (Wildman–Crippen MR) is 110 cm³/mol. The van der Waals surface area contributed by atoms with E-state index in [-0.39, 0.29) is 12.5 Å². The number of hydrogen-bond acceptors (Lipinski definition) is 4. The Morgan fingerprint density at radius 3 is 2.59 bits per heavy atom. The molecule has 1 N–H and O–H groups in total. The van der Waals surface area contributed by atoms with Gasteiger partial charge in [0.15, 0.2) is 11.7 Å². The third-order valence-corrected chi connectivity index (χ3v) is 5.13. The zero-order valence-electron chi connectivity index (χ0n) is 14.8. The molecule has 0 aliphatic heterocycles. The smallest absolute Gasteiger partial charge is 0.264 e. The number of hydrogen-bond donors (Lipinski definition) is 1. The molecule has 0 fully saturated rings. The summed E-state index contributed by atoms with van der Waals surface area (Å²) in [7, 11) is 0. The highest BCUT2D eigenvalue weighted by atomic mass is 32.1. The quantitative estimate of drug-likeness (QED) is 0.516. The van der Waals surface area contributed by atoms with Crippen LogP contribution in [-0.2, 0) is 4.79 Å². The fourth-order valence-corrected chi connectivity index (χ4v) is 3.85. The summed E-state index contributed by atoms with van der Waals surface area (Å²) >= 11 is 1.46. The number of anilines is 1. The van der Waals surface area contributed by atoms with Crippen molar-refractivity contribution >= 4 is 32.6 Å². The highest BCUT2D eigenvalue weighted by molar-refractivity contribution is 7.22. The SMILES string of the molecule is Cc1cccc2sc(NC(=O)COc3ccccc3-c3ccccc3)nc12. The minimum absolute atomic E-state index is 0.0707. The molecule has 0 spiro atoms. The lowest BCUT2D eigenvalue weighted by Crippen LogP contribution is -2.20. The van der Waals surface area contributed by atoms with E-state index in [0.717, 1.165) is 26.9 Å². The summed E-state index contributed by atoms with van der Waals surface area (Å²) in [5.74, 6) is 0.452. The van der Waals surface area contributed by atoms with Gasteiger partial charge in [-0.05, 0) is 30.2 Å². The van der Waals surface area contributed by atoms with E-state index in [0.29, 0.717) is 10.9 Å². The Morgan fingerprint density at radius 2 is 1.78 bits per heavy atom. The van der Waals surface area contributed by atoms with Gasteiger partial charge in [-0.2, -0.15) is 0 Å². The van der Waals surface area contributed by atoms with Crippen molar-refractivity contribution in [1.82, 2.24) is 4.98 Å². The van der Waals surface area contributed by atoms with Gasteiger partial charge in [0.25, 0.3) is 5.91 Å². The van der Waals surface area contributed by atoms with Gasteiger partial charge in [-0.25, -0.2) is 4.98 Å². The molecule has 0 aliphatic rings. The van der Waals surface area contributed by atoms with Gasteiger partial charge in [-0.1, -0.05) is 72.0 Å². The summed E-state index contributed by atoms with van der Waals surface area (Å²) in [5, 5.41) is 3.42. The van der Waals surface area contributed by atoms with Crippen LogP contribution in [0.4, 0.5) is 5.13 Å². The van der Waals surface area contributed by atoms with Crippen LogP contribution in [0.3, 0.4) is 0 Å². The maximum Gasteiger partial charge on any atom is 0.264 e.